The molecule has 2 fully saturated rings. The van der Waals surface area contributed by atoms with Crippen molar-refractivity contribution in [1.29, 1.82) is 0 Å². The Kier molecular flexibility index (Phi) is 11.0. The van der Waals surface area contributed by atoms with Crippen LogP contribution in [0.1, 0.15) is 19.8 Å². The third-order valence-electron chi connectivity index (χ3n) is 9.04. The number of benzene rings is 2. The summed E-state index contributed by atoms with van der Waals surface area (Å²) in [6.07, 6.45) is 9.40. The van der Waals surface area contributed by atoms with Gasteiger partial charge in [-0.2, -0.15) is 10.1 Å². The van der Waals surface area contributed by atoms with E-state index in [4.69, 9.17) is 14.5 Å². The molecule has 0 unspecified atom stereocenters. The van der Waals surface area contributed by atoms with Crippen molar-refractivity contribution in [2.75, 3.05) is 75.4 Å². The minimum absolute atomic E-state index is 0.346. The van der Waals surface area contributed by atoms with Gasteiger partial charge < -0.3 is 29.6 Å². The molecule has 0 atom stereocenters. The van der Waals surface area contributed by atoms with Crippen LogP contribution in [0.3, 0.4) is 0 Å². The van der Waals surface area contributed by atoms with E-state index in [1.165, 1.54) is 0 Å². The number of aliphatic imine (C=N–C) groups is 2. The van der Waals surface area contributed by atoms with Gasteiger partial charge in [0.05, 0.1) is 53.4 Å². The Morgan fingerprint density at radius 2 is 1.86 bits per heavy atom. The van der Waals surface area contributed by atoms with Crippen LogP contribution in [0.15, 0.2) is 57.3 Å². The molecule has 0 spiro atoms. The molecule has 0 radical (unpaired) electrons. The second-order valence-corrected chi connectivity index (χ2v) is 16.7. The lowest BCUT2D eigenvalue weighted by atomic mass is 9.99. The van der Waals surface area contributed by atoms with Gasteiger partial charge in [-0.3, -0.25) is 19.6 Å². The summed E-state index contributed by atoms with van der Waals surface area (Å²) in [4.78, 5) is 23.0. The summed E-state index contributed by atoms with van der Waals surface area (Å²) in [5.41, 5.74) is 5.52. The standard InChI is InChI=1S/C35H44BrN10O3P/c1-7-38-32-27(37-2)8-9-28(33(32)50(5,6)47)41-34-26(36)21-39-35(43-34)42-29-18-25(23-20-40-44(3)22-23)30(19-31(29)48-4)46-12-10-24(11-13-46)45-14-16-49-17-15-45/h7-9,18-22,24H,2,10-17H2,1,3-6H3,(H2,39,41,42,43). The van der Waals surface area contributed by atoms with Crippen molar-refractivity contribution in [3.63, 3.8) is 0 Å². The Morgan fingerprint density at radius 3 is 2.50 bits per heavy atom. The number of hydrogen-bond acceptors (Lipinski definition) is 12. The van der Waals surface area contributed by atoms with Gasteiger partial charge in [-0.1, -0.05) is 0 Å². The Balaban J connectivity index is 1.32. The molecule has 15 heteroatoms. The fourth-order valence-corrected chi connectivity index (χ4v) is 8.35. The average molecular weight is 764 g/mol. The Hall–Kier alpha value is -4.10. The van der Waals surface area contributed by atoms with Gasteiger partial charge in [0.15, 0.2) is 0 Å². The van der Waals surface area contributed by atoms with Gasteiger partial charge in [-0.05, 0) is 73.9 Å². The van der Waals surface area contributed by atoms with Crippen LogP contribution < -0.4 is 25.6 Å². The molecule has 2 aromatic heterocycles. The van der Waals surface area contributed by atoms with E-state index in [1.807, 2.05) is 30.2 Å². The van der Waals surface area contributed by atoms with E-state index >= 15 is 0 Å². The van der Waals surface area contributed by atoms with Crippen molar-refractivity contribution in [2.24, 2.45) is 17.0 Å². The summed E-state index contributed by atoms with van der Waals surface area (Å²) in [6, 6.07) is 8.35. The highest BCUT2D eigenvalue weighted by molar-refractivity contribution is 9.10. The summed E-state index contributed by atoms with van der Waals surface area (Å²) in [6.45, 7) is 14.4. The number of anilines is 5. The third kappa shape index (κ3) is 7.78. The molecule has 2 aliphatic heterocycles. The lowest BCUT2D eigenvalue weighted by Crippen LogP contribution is -2.49. The minimum atomic E-state index is -2.83. The lowest BCUT2D eigenvalue weighted by molar-refractivity contribution is 0.0115. The largest absolute Gasteiger partial charge is 0.494 e. The number of nitrogens with zero attached hydrogens (tertiary/aromatic N) is 8. The molecule has 0 saturated carbocycles. The first-order valence-electron chi connectivity index (χ1n) is 16.6. The molecule has 13 nitrogen and oxygen atoms in total. The Morgan fingerprint density at radius 1 is 1.10 bits per heavy atom. The van der Waals surface area contributed by atoms with Crippen molar-refractivity contribution < 1.29 is 14.0 Å². The third-order valence-corrected chi connectivity index (χ3v) is 11.2. The molecule has 2 aromatic carbocycles. The van der Waals surface area contributed by atoms with E-state index in [9.17, 15) is 4.57 Å². The molecule has 2 aliphatic rings. The number of morpholine rings is 1. The highest BCUT2D eigenvalue weighted by Gasteiger charge is 2.28. The first-order valence-corrected chi connectivity index (χ1v) is 20.0. The maximum Gasteiger partial charge on any atom is 0.229 e. The average Bonchev–Trinajstić information content (AvgIpc) is 3.55. The van der Waals surface area contributed by atoms with Gasteiger partial charge in [-0.25, -0.2) is 4.98 Å². The fraction of sp³-hybridized carbons (Fsp3) is 0.400. The number of nitrogens with one attached hydrogen (secondary N) is 2. The van der Waals surface area contributed by atoms with Crippen molar-refractivity contribution >= 4 is 81.5 Å². The molecule has 2 saturated heterocycles. The van der Waals surface area contributed by atoms with Gasteiger partial charge in [0.1, 0.15) is 24.4 Å². The maximum absolute atomic E-state index is 13.6. The maximum atomic E-state index is 13.6. The van der Waals surface area contributed by atoms with Crippen LogP contribution in [0, 0.1) is 0 Å². The van der Waals surface area contributed by atoms with Crippen molar-refractivity contribution in [2.45, 2.75) is 25.8 Å². The molecule has 0 aliphatic carbocycles. The van der Waals surface area contributed by atoms with E-state index in [0.29, 0.717) is 56.1 Å². The SMILES string of the molecule is C=Nc1ccc(Nc2nc(Nc3cc(-c4cnn(C)c4)c(N4CCC(N5CCOCC5)CC4)cc3OC)ncc2Br)c(P(C)(C)=O)c1N=CC. The van der Waals surface area contributed by atoms with E-state index in [0.717, 1.165) is 69.0 Å². The molecule has 264 valence electrons. The molecule has 0 amide bonds. The molecule has 4 aromatic rings. The second-order valence-electron chi connectivity index (χ2n) is 12.7. The normalized spacial score (nSPS) is 16.2. The number of aromatic nitrogens is 4. The molecule has 4 heterocycles. The lowest BCUT2D eigenvalue weighted by Gasteiger charge is -2.41. The molecule has 6 rings (SSSR count). The van der Waals surface area contributed by atoms with Gasteiger partial charge in [0, 0.05) is 80.8 Å². The summed E-state index contributed by atoms with van der Waals surface area (Å²) < 4.78 is 27.5. The van der Waals surface area contributed by atoms with E-state index < -0.39 is 7.14 Å². The highest BCUT2D eigenvalue weighted by Crippen LogP contribution is 2.46. The van der Waals surface area contributed by atoms with E-state index in [1.54, 1.807) is 45.8 Å². The number of aryl methyl sites for hydroxylation is 1. The van der Waals surface area contributed by atoms with Crippen LogP contribution >= 0.6 is 23.1 Å². The zero-order valence-corrected chi connectivity index (χ0v) is 31.7. The Labute approximate surface area is 301 Å². The highest BCUT2D eigenvalue weighted by atomic mass is 79.9. The number of piperidine rings is 1. The predicted molar refractivity (Wildman–Crippen MR) is 208 cm³/mol. The van der Waals surface area contributed by atoms with Crippen LogP contribution in [-0.2, 0) is 16.3 Å². The summed E-state index contributed by atoms with van der Waals surface area (Å²) in [7, 11) is 0.763. The minimum Gasteiger partial charge on any atom is -0.494 e. The van der Waals surface area contributed by atoms with Crippen LogP contribution in [0.4, 0.5) is 40.2 Å². The molecular weight excluding hydrogens is 719 g/mol. The summed E-state index contributed by atoms with van der Waals surface area (Å²) >= 11 is 3.59. The smallest absolute Gasteiger partial charge is 0.229 e. The molecular formula is C35H44BrN10O3P. The van der Waals surface area contributed by atoms with Crippen LogP contribution in [0.25, 0.3) is 11.1 Å². The first-order chi connectivity index (χ1) is 24.1. The Bertz CT molecular complexity index is 1930. The summed E-state index contributed by atoms with van der Waals surface area (Å²) in [5, 5.41) is 11.8. The number of rotatable bonds is 11. The summed E-state index contributed by atoms with van der Waals surface area (Å²) in [5.74, 6) is 1.49. The van der Waals surface area contributed by atoms with Crippen molar-refractivity contribution in [1.82, 2.24) is 24.6 Å². The monoisotopic (exact) mass is 762 g/mol. The van der Waals surface area contributed by atoms with Crippen molar-refractivity contribution in [3.8, 4) is 16.9 Å². The quantitative estimate of drug-likeness (QED) is 0.125. The van der Waals surface area contributed by atoms with Crippen LogP contribution in [0.2, 0.25) is 0 Å². The number of hydrogen-bond donors (Lipinski definition) is 2. The van der Waals surface area contributed by atoms with E-state index in [-0.39, 0.29) is 0 Å². The van der Waals surface area contributed by atoms with Crippen molar-refractivity contribution in [3.05, 3.63) is 47.3 Å². The van der Waals surface area contributed by atoms with Gasteiger partial charge in [-0.15, -0.1) is 0 Å². The fourth-order valence-electron chi connectivity index (χ4n) is 6.67. The topological polar surface area (TPSA) is 134 Å². The molecule has 50 heavy (non-hydrogen) atoms. The number of methoxy groups -OCH3 is 1. The zero-order chi connectivity index (χ0) is 35.4. The van der Waals surface area contributed by atoms with E-state index in [2.05, 4.69) is 75.3 Å². The van der Waals surface area contributed by atoms with Gasteiger partial charge >= 0.3 is 0 Å². The molecule has 0 bridgehead atoms. The van der Waals surface area contributed by atoms with Crippen LogP contribution in [-0.4, -0.2) is 103 Å². The first kappa shape index (κ1) is 35.7. The zero-order valence-electron chi connectivity index (χ0n) is 29.2. The van der Waals surface area contributed by atoms with Crippen LogP contribution in [0.5, 0.6) is 5.75 Å². The number of halogens is 1. The predicted octanol–water partition coefficient (Wildman–Crippen LogP) is 6.74. The second kappa shape index (κ2) is 15.4. The van der Waals surface area contributed by atoms with Gasteiger partial charge in [0.2, 0.25) is 5.95 Å². The number of ether oxygens (including phenoxy) is 2. The van der Waals surface area contributed by atoms with Gasteiger partial charge in [0.25, 0.3) is 0 Å². The molecule has 2 N–H and O–H groups in total.